The Hall–Kier alpha value is -5.92. The van der Waals surface area contributed by atoms with E-state index in [1.54, 1.807) is 0 Å². The minimum absolute atomic E-state index is 0.0885. The quantitative estimate of drug-likeness (QED) is 0.175. The highest BCUT2D eigenvalue weighted by Gasteiger charge is 2.35. The fourth-order valence-electron chi connectivity index (χ4n) is 7.77. The van der Waals surface area contributed by atoms with Crippen LogP contribution in [0.25, 0.3) is 54.9 Å². The van der Waals surface area contributed by atoms with E-state index < -0.39 is 0 Å². The SMILES string of the molecule is CC1(C)c2ccccc2-c2ccc(N(c3ccc(-c4ccc(-c5ccccc5)cc4)cc3)c3cc4ccccc4c4ccccc34)cc21. The van der Waals surface area contributed by atoms with Crippen molar-refractivity contribution in [3.8, 4) is 33.4 Å². The lowest BCUT2D eigenvalue weighted by atomic mass is 9.82. The van der Waals surface area contributed by atoms with E-state index in [9.17, 15) is 0 Å². The summed E-state index contributed by atoms with van der Waals surface area (Å²) in [7, 11) is 0. The second kappa shape index (κ2) is 11.1. The summed E-state index contributed by atoms with van der Waals surface area (Å²) in [6.45, 7) is 4.71. The van der Waals surface area contributed by atoms with Crippen molar-refractivity contribution >= 4 is 38.6 Å². The fraction of sp³-hybridized carbons (Fsp3) is 0.0638. The lowest BCUT2D eigenvalue weighted by Crippen LogP contribution is -2.16. The molecule has 9 rings (SSSR count). The maximum absolute atomic E-state index is 2.45. The number of fused-ring (bicyclic) bond motifs is 6. The van der Waals surface area contributed by atoms with Crippen LogP contribution in [0.2, 0.25) is 0 Å². The monoisotopic (exact) mass is 613 g/mol. The summed E-state index contributed by atoms with van der Waals surface area (Å²) in [5.41, 5.74) is 13.7. The first-order valence-electron chi connectivity index (χ1n) is 16.8. The summed E-state index contributed by atoms with van der Waals surface area (Å²) in [4.78, 5) is 2.45. The van der Waals surface area contributed by atoms with Gasteiger partial charge < -0.3 is 4.90 Å². The molecule has 0 unspecified atom stereocenters. The summed E-state index contributed by atoms with van der Waals surface area (Å²) in [5.74, 6) is 0. The Labute approximate surface area is 282 Å². The van der Waals surface area contributed by atoms with Crippen molar-refractivity contribution in [3.63, 3.8) is 0 Å². The topological polar surface area (TPSA) is 3.24 Å². The molecule has 0 fully saturated rings. The van der Waals surface area contributed by atoms with Crippen LogP contribution in [0.1, 0.15) is 25.0 Å². The molecule has 228 valence electrons. The highest BCUT2D eigenvalue weighted by Crippen LogP contribution is 2.51. The van der Waals surface area contributed by atoms with Crippen LogP contribution < -0.4 is 4.90 Å². The van der Waals surface area contributed by atoms with Gasteiger partial charge >= 0.3 is 0 Å². The van der Waals surface area contributed by atoms with Gasteiger partial charge in [-0.1, -0.05) is 159 Å². The maximum atomic E-state index is 2.45. The molecule has 0 heterocycles. The van der Waals surface area contributed by atoms with Crippen LogP contribution in [0.15, 0.2) is 176 Å². The van der Waals surface area contributed by atoms with E-state index in [2.05, 4.69) is 195 Å². The van der Waals surface area contributed by atoms with Gasteiger partial charge in [-0.3, -0.25) is 0 Å². The maximum Gasteiger partial charge on any atom is 0.0546 e. The predicted molar refractivity (Wildman–Crippen MR) is 205 cm³/mol. The van der Waals surface area contributed by atoms with Crippen LogP contribution >= 0.6 is 0 Å². The molecule has 8 aromatic rings. The molecule has 1 aliphatic rings. The summed E-state index contributed by atoms with van der Waals surface area (Å²) in [5, 5.41) is 5.01. The zero-order valence-corrected chi connectivity index (χ0v) is 27.2. The van der Waals surface area contributed by atoms with Gasteiger partial charge in [-0.25, -0.2) is 0 Å². The summed E-state index contributed by atoms with van der Waals surface area (Å²) < 4.78 is 0. The molecule has 1 aliphatic carbocycles. The lowest BCUT2D eigenvalue weighted by molar-refractivity contribution is 0.660. The first-order valence-corrected chi connectivity index (χ1v) is 16.8. The van der Waals surface area contributed by atoms with E-state index in [0.717, 1.165) is 11.4 Å². The Morgan fingerprint density at radius 2 is 0.896 bits per heavy atom. The van der Waals surface area contributed by atoms with Crippen molar-refractivity contribution in [2.45, 2.75) is 19.3 Å². The molecule has 0 spiro atoms. The Kier molecular flexibility index (Phi) is 6.55. The smallest absolute Gasteiger partial charge is 0.0546 e. The molecule has 0 aliphatic heterocycles. The summed E-state index contributed by atoms with van der Waals surface area (Å²) in [6, 6.07) is 64.4. The fourth-order valence-corrected chi connectivity index (χ4v) is 7.77. The molecule has 0 atom stereocenters. The molecule has 0 amide bonds. The van der Waals surface area contributed by atoms with Crippen molar-refractivity contribution in [1.82, 2.24) is 0 Å². The average Bonchev–Trinajstić information content (AvgIpc) is 3.38. The molecular formula is C47H35N. The Balaban J connectivity index is 1.20. The normalized spacial score (nSPS) is 13.0. The molecule has 1 nitrogen and oxygen atoms in total. The van der Waals surface area contributed by atoms with E-state index in [1.807, 2.05) is 0 Å². The third-order valence-electron chi connectivity index (χ3n) is 10.3. The minimum Gasteiger partial charge on any atom is -0.310 e. The summed E-state index contributed by atoms with van der Waals surface area (Å²) >= 11 is 0. The van der Waals surface area contributed by atoms with Crippen LogP contribution in [0, 0.1) is 0 Å². The van der Waals surface area contributed by atoms with Crippen molar-refractivity contribution in [2.75, 3.05) is 4.90 Å². The number of nitrogens with zero attached hydrogens (tertiary/aromatic N) is 1. The molecule has 8 aromatic carbocycles. The van der Waals surface area contributed by atoms with Crippen molar-refractivity contribution in [3.05, 3.63) is 187 Å². The Bertz CT molecular complexity index is 2450. The highest BCUT2D eigenvalue weighted by atomic mass is 15.1. The molecular weight excluding hydrogens is 579 g/mol. The molecule has 0 N–H and O–H groups in total. The number of anilines is 3. The molecule has 0 aromatic heterocycles. The lowest BCUT2D eigenvalue weighted by Gasteiger charge is -2.29. The van der Waals surface area contributed by atoms with Gasteiger partial charge in [0, 0.05) is 22.2 Å². The van der Waals surface area contributed by atoms with Crippen LogP contribution in [-0.2, 0) is 5.41 Å². The first-order chi connectivity index (χ1) is 23.6. The van der Waals surface area contributed by atoms with Gasteiger partial charge in [0.2, 0.25) is 0 Å². The van der Waals surface area contributed by atoms with E-state index in [0.29, 0.717) is 0 Å². The van der Waals surface area contributed by atoms with Gasteiger partial charge in [0.1, 0.15) is 0 Å². The van der Waals surface area contributed by atoms with Gasteiger partial charge in [0.15, 0.2) is 0 Å². The van der Waals surface area contributed by atoms with Gasteiger partial charge in [0.25, 0.3) is 0 Å². The van der Waals surface area contributed by atoms with Crippen LogP contribution in [-0.4, -0.2) is 0 Å². The van der Waals surface area contributed by atoms with Gasteiger partial charge in [0.05, 0.1) is 5.69 Å². The van der Waals surface area contributed by atoms with Gasteiger partial charge in [-0.15, -0.1) is 0 Å². The number of hydrogen-bond acceptors (Lipinski definition) is 1. The zero-order valence-electron chi connectivity index (χ0n) is 27.2. The van der Waals surface area contributed by atoms with Crippen molar-refractivity contribution < 1.29 is 0 Å². The Morgan fingerprint density at radius 1 is 0.375 bits per heavy atom. The standard InChI is InChI=1S/C47H35N/c1-47(2)44-19-11-10-17-41(44)42-29-28-38(31-45(42)47)48(46-30-36-14-6-7-15-39(36)40-16-8-9-18-43(40)46)37-26-24-35(25-27-37)34-22-20-33(21-23-34)32-12-4-3-5-13-32/h3-31H,1-2H3. The highest BCUT2D eigenvalue weighted by molar-refractivity contribution is 6.14. The van der Waals surface area contributed by atoms with Crippen LogP contribution in [0.4, 0.5) is 17.1 Å². The van der Waals surface area contributed by atoms with E-state index in [-0.39, 0.29) is 5.41 Å². The summed E-state index contributed by atoms with van der Waals surface area (Å²) in [6.07, 6.45) is 0. The molecule has 1 heteroatoms. The molecule has 0 bridgehead atoms. The third kappa shape index (κ3) is 4.54. The second-order valence-electron chi connectivity index (χ2n) is 13.4. The van der Waals surface area contributed by atoms with E-state index in [1.165, 1.54) is 71.7 Å². The van der Waals surface area contributed by atoms with Crippen LogP contribution in [0.5, 0.6) is 0 Å². The number of hydrogen-bond donors (Lipinski definition) is 0. The number of rotatable bonds is 5. The van der Waals surface area contributed by atoms with E-state index >= 15 is 0 Å². The first kappa shape index (κ1) is 28.3. The van der Waals surface area contributed by atoms with Gasteiger partial charge in [-0.05, 0) is 91.0 Å². The number of benzene rings is 8. The molecule has 48 heavy (non-hydrogen) atoms. The van der Waals surface area contributed by atoms with Crippen molar-refractivity contribution in [2.24, 2.45) is 0 Å². The van der Waals surface area contributed by atoms with Gasteiger partial charge in [-0.2, -0.15) is 0 Å². The van der Waals surface area contributed by atoms with E-state index in [4.69, 9.17) is 0 Å². The van der Waals surface area contributed by atoms with Crippen LogP contribution in [0.3, 0.4) is 0 Å². The third-order valence-corrected chi connectivity index (χ3v) is 10.3. The zero-order chi connectivity index (χ0) is 32.2. The minimum atomic E-state index is -0.0885. The Morgan fingerprint density at radius 3 is 1.62 bits per heavy atom. The molecule has 0 radical (unpaired) electrons. The molecule has 0 saturated carbocycles. The predicted octanol–water partition coefficient (Wildman–Crippen LogP) is 13.1. The van der Waals surface area contributed by atoms with Crippen molar-refractivity contribution in [1.29, 1.82) is 0 Å². The largest absolute Gasteiger partial charge is 0.310 e. The molecule has 0 saturated heterocycles. The average molecular weight is 614 g/mol. The second-order valence-corrected chi connectivity index (χ2v) is 13.4.